The number of benzene rings is 3. The number of nitrogens with zero attached hydrogens (tertiary/aromatic N) is 2. The van der Waals surface area contributed by atoms with Crippen LogP contribution in [0.1, 0.15) is 16.7 Å². The van der Waals surface area contributed by atoms with Gasteiger partial charge in [-0.3, -0.25) is 9.10 Å². The normalized spacial score (nSPS) is 11.2. The van der Waals surface area contributed by atoms with Gasteiger partial charge in [0.05, 0.1) is 45.2 Å². The van der Waals surface area contributed by atoms with Gasteiger partial charge in [-0.15, -0.1) is 0 Å². The number of hydrogen-bond donors (Lipinski definition) is 1. The molecule has 0 aliphatic heterocycles. The fourth-order valence-corrected chi connectivity index (χ4v) is 5.20. The summed E-state index contributed by atoms with van der Waals surface area (Å²) in [7, 11) is 1.74. The van der Waals surface area contributed by atoms with E-state index in [0.29, 0.717) is 28.5 Å². The molecule has 38 heavy (non-hydrogen) atoms. The molecule has 0 saturated carbocycles. The molecular weight excluding hydrogens is 510 g/mol. The Morgan fingerprint density at radius 3 is 2.11 bits per heavy atom. The van der Waals surface area contributed by atoms with Crippen molar-refractivity contribution < 1.29 is 32.2 Å². The molecule has 3 aromatic rings. The van der Waals surface area contributed by atoms with E-state index in [1.165, 1.54) is 45.7 Å². The molecule has 3 aromatic carbocycles. The molecule has 0 radical (unpaired) electrons. The highest BCUT2D eigenvalue weighted by atomic mass is 32.2. The Labute approximate surface area is 222 Å². The van der Waals surface area contributed by atoms with E-state index in [1.54, 1.807) is 37.4 Å². The van der Waals surface area contributed by atoms with E-state index >= 15 is 0 Å². The third kappa shape index (κ3) is 6.54. The van der Waals surface area contributed by atoms with Gasteiger partial charge in [0.2, 0.25) is 0 Å². The Bertz CT molecular complexity index is 1420. The van der Waals surface area contributed by atoms with E-state index in [1.807, 2.05) is 19.9 Å². The van der Waals surface area contributed by atoms with Crippen LogP contribution in [0.15, 0.2) is 64.6 Å². The number of amides is 1. The molecule has 0 fully saturated rings. The summed E-state index contributed by atoms with van der Waals surface area (Å²) in [6, 6.07) is 14.7. The predicted octanol–water partition coefficient (Wildman–Crippen LogP) is 3.68. The molecule has 0 unspecified atom stereocenters. The van der Waals surface area contributed by atoms with Crippen molar-refractivity contribution in [3.63, 3.8) is 0 Å². The highest BCUT2D eigenvalue weighted by Gasteiger charge is 2.28. The lowest BCUT2D eigenvalue weighted by Crippen LogP contribution is -2.39. The number of carbonyl (C=O) groups is 1. The van der Waals surface area contributed by atoms with Crippen molar-refractivity contribution in [3.05, 3.63) is 71.3 Å². The quantitative estimate of drug-likeness (QED) is 0.291. The van der Waals surface area contributed by atoms with Crippen LogP contribution in [0.3, 0.4) is 0 Å². The topological polar surface area (TPSA) is 116 Å². The maximum Gasteiger partial charge on any atom is 0.264 e. The van der Waals surface area contributed by atoms with E-state index in [0.717, 1.165) is 15.4 Å². The van der Waals surface area contributed by atoms with Crippen LogP contribution in [0.4, 0.5) is 5.69 Å². The average Bonchev–Trinajstić information content (AvgIpc) is 2.90. The number of methoxy groups -OCH3 is 4. The van der Waals surface area contributed by atoms with Gasteiger partial charge in [-0.05, 0) is 61.4 Å². The summed E-state index contributed by atoms with van der Waals surface area (Å²) in [5.74, 6) is 1.08. The van der Waals surface area contributed by atoms with Crippen LogP contribution in [0.2, 0.25) is 0 Å². The SMILES string of the molecule is COc1ccc(/C=N/NC(=O)CN(c2cc(C)cc(C)c2)S(=O)(=O)c2ccc(OC)c(OC)c2)c(OC)c1. The van der Waals surface area contributed by atoms with E-state index < -0.39 is 22.5 Å². The molecule has 0 saturated heterocycles. The fraction of sp³-hybridized carbons (Fsp3) is 0.259. The predicted molar refractivity (Wildman–Crippen MR) is 145 cm³/mol. The molecule has 1 amide bonds. The number of sulfonamides is 1. The van der Waals surface area contributed by atoms with Crippen molar-refractivity contribution in [1.29, 1.82) is 0 Å². The van der Waals surface area contributed by atoms with Gasteiger partial charge < -0.3 is 18.9 Å². The number of ether oxygens (including phenoxy) is 4. The first-order valence-electron chi connectivity index (χ1n) is 11.5. The fourth-order valence-electron chi connectivity index (χ4n) is 3.78. The van der Waals surface area contributed by atoms with Crippen molar-refractivity contribution >= 4 is 27.8 Å². The second-order valence-electron chi connectivity index (χ2n) is 8.28. The molecular formula is C27H31N3O7S. The summed E-state index contributed by atoms with van der Waals surface area (Å²) in [6.45, 7) is 3.19. The number of rotatable bonds is 11. The smallest absolute Gasteiger partial charge is 0.264 e. The zero-order valence-corrected chi connectivity index (χ0v) is 23.0. The van der Waals surface area contributed by atoms with Crippen molar-refractivity contribution in [2.45, 2.75) is 18.7 Å². The van der Waals surface area contributed by atoms with Crippen LogP contribution in [-0.2, 0) is 14.8 Å². The van der Waals surface area contributed by atoms with Gasteiger partial charge in [-0.25, -0.2) is 13.8 Å². The lowest BCUT2D eigenvalue weighted by Gasteiger charge is -2.25. The van der Waals surface area contributed by atoms with E-state index in [4.69, 9.17) is 18.9 Å². The van der Waals surface area contributed by atoms with Gasteiger partial charge in [0, 0.05) is 17.7 Å². The van der Waals surface area contributed by atoms with Crippen LogP contribution in [0.25, 0.3) is 0 Å². The zero-order valence-electron chi connectivity index (χ0n) is 22.1. The van der Waals surface area contributed by atoms with Gasteiger partial charge >= 0.3 is 0 Å². The molecule has 0 aliphatic carbocycles. The number of hydrogen-bond acceptors (Lipinski definition) is 8. The van der Waals surface area contributed by atoms with E-state index in [2.05, 4.69) is 10.5 Å². The Morgan fingerprint density at radius 1 is 0.842 bits per heavy atom. The third-order valence-electron chi connectivity index (χ3n) is 5.56. The van der Waals surface area contributed by atoms with Crippen molar-refractivity contribution in [1.82, 2.24) is 5.43 Å². The number of carbonyl (C=O) groups excluding carboxylic acids is 1. The van der Waals surface area contributed by atoms with Crippen molar-refractivity contribution in [3.8, 4) is 23.0 Å². The monoisotopic (exact) mass is 541 g/mol. The average molecular weight is 542 g/mol. The number of nitrogens with one attached hydrogen (secondary N) is 1. The molecule has 3 rings (SSSR count). The Morgan fingerprint density at radius 2 is 1.50 bits per heavy atom. The summed E-state index contributed by atoms with van der Waals surface area (Å²) in [6.07, 6.45) is 1.40. The first kappa shape index (κ1) is 28.3. The highest BCUT2D eigenvalue weighted by Crippen LogP contribution is 2.32. The summed E-state index contributed by atoms with van der Waals surface area (Å²) in [4.78, 5) is 12.9. The molecule has 1 N–H and O–H groups in total. The lowest BCUT2D eigenvalue weighted by atomic mass is 10.1. The number of aryl methyl sites for hydroxylation is 2. The Balaban J connectivity index is 1.92. The largest absolute Gasteiger partial charge is 0.497 e. The molecule has 0 heterocycles. The maximum atomic E-state index is 13.8. The van der Waals surface area contributed by atoms with Gasteiger partial charge in [0.15, 0.2) is 11.5 Å². The molecule has 10 nitrogen and oxygen atoms in total. The van der Waals surface area contributed by atoms with Crippen molar-refractivity contribution in [2.75, 3.05) is 39.3 Å². The highest BCUT2D eigenvalue weighted by molar-refractivity contribution is 7.92. The van der Waals surface area contributed by atoms with Gasteiger partial charge in [-0.2, -0.15) is 5.10 Å². The van der Waals surface area contributed by atoms with Crippen LogP contribution in [0.5, 0.6) is 23.0 Å². The minimum Gasteiger partial charge on any atom is -0.497 e. The number of hydrazone groups is 1. The van der Waals surface area contributed by atoms with Crippen LogP contribution < -0.4 is 28.7 Å². The lowest BCUT2D eigenvalue weighted by molar-refractivity contribution is -0.119. The molecule has 0 aliphatic rings. The molecule has 0 aromatic heterocycles. The molecule has 0 spiro atoms. The molecule has 202 valence electrons. The molecule has 0 bridgehead atoms. The molecule has 0 atom stereocenters. The van der Waals surface area contributed by atoms with E-state index in [-0.39, 0.29) is 10.6 Å². The first-order valence-corrected chi connectivity index (χ1v) is 12.9. The summed E-state index contributed by atoms with van der Waals surface area (Å²) in [5.41, 5.74) is 5.02. The Hall–Kier alpha value is -4.25. The summed E-state index contributed by atoms with van der Waals surface area (Å²) in [5, 5.41) is 3.99. The standard InChI is InChI=1S/C27H31N3O7S/c1-18-11-19(2)13-21(12-18)30(38(32,33)23-9-10-24(35-4)26(15-23)37-6)17-27(31)29-28-16-20-7-8-22(34-3)14-25(20)36-5/h7-16H,17H2,1-6H3,(H,29,31)/b28-16+. The maximum absolute atomic E-state index is 13.8. The van der Waals surface area contributed by atoms with Gasteiger partial charge in [0.25, 0.3) is 15.9 Å². The minimum atomic E-state index is -4.18. The van der Waals surface area contributed by atoms with E-state index in [9.17, 15) is 13.2 Å². The second-order valence-corrected chi connectivity index (χ2v) is 10.1. The van der Waals surface area contributed by atoms with Crippen LogP contribution in [-0.4, -0.2) is 55.5 Å². The third-order valence-corrected chi connectivity index (χ3v) is 7.33. The minimum absolute atomic E-state index is 0.0615. The van der Waals surface area contributed by atoms with Crippen LogP contribution >= 0.6 is 0 Å². The first-order chi connectivity index (χ1) is 18.1. The Kier molecular flexibility index (Phi) is 9.19. The molecule has 11 heteroatoms. The number of anilines is 1. The summed E-state index contributed by atoms with van der Waals surface area (Å²) >= 11 is 0. The summed E-state index contributed by atoms with van der Waals surface area (Å²) < 4.78 is 49.6. The van der Waals surface area contributed by atoms with Gasteiger partial charge in [-0.1, -0.05) is 6.07 Å². The zero-order chi connectivity index (χ0) is 27.9. The van der Waals surface area contributed by atoms with Crippen molar-refractivity contribution in [2.24, 2.45) is 5.10 Å². The second kappa shape index (κ2) is 12.3. The van der Waals surface area contributed by atoms with Crippen LogP contribution in [0, 0.1) is 13.8 Å². The van der Waals surface area contributed by atoms with Gasteiger partial charge in [0.1, 0.15) is 18.0 Å².